The van der Waals surface area contributed by atoms with Crippen LogP contribution in [0, 0.1) is 5.82 Å². The highest BCUT2D eigenvalue weighted by atomic mass is 19.1. The van der Waals surface area contributed by atoms with Gasteiger partial charge in [0, 0.05) is 11.8 Å². The summed E-state index contributed by atoms with van der Waals surface area (Å²) in [4.78, 5) is 25.0. The molecule has 0 saturated heterocycles. The monoisotopic (exact) mass is 404 g/mol. The van der Waals surface area contributed by atoms with Crippen molar-refractivity contribution in [3.8, 4) is 5.75 Å². The van der Waals surface area contributed by atoms with Crippen molar-refractivity contribution in [3.05, 3.63) is 95.8 Å². The lowest BCUT2D eigenvalue weighted by molar-refractivity contribution is -0.111. The molecule has 0 radical (unpaired) electrons. The predicted molar refractivity (Wildman–Crippen MR) is 116 cm³/mol. The molecule has 0 bridgehead atoms. The van der Waals surface area contributed by atoms with E-state index in [0.29, 0.717) is 29.1 Å². The van der Waals surface area contributed by atoms with Gasteiger partial charge in [-0.05, 0) is 67.1 Å². The first kappa shape index (κ1) is 20.8. The molecule has 0 aliphatic heterocycles. The highest BCUT2D eigenvalue weighted by molar-refractivity contribution is 6.11. The van der Waals surface area contributed by atoms with Gasteiger partial charge >= 0.3 is 0 Å². The molecule has 0 aliphatic rings. The molecule has 2 N–H and O–H groups in total. The average molecular weight is 404 g/mol. The Hall–Kier alpha value is -3.93. The van der Waals surface area contributed by atoms with Gasteiger partial charge in [-0.3, -0.25) is 9.59 Å². The number of amides is 2. The summed E-state index contributed by atoms with van der Waals surface area (Å²) in [5, 5.41) is 5.51. The van der Waals surface area contributed by atoms with Crippen LogP contribution < -0.4 is 15.4 Å². The molecular weight excluding hydrogens is 383 g/mol. The number of hydrogen-bond acceptors (Lipinski definition) is 3. The van der Waals surface area contributed by atoms with E-state index in [1.165, 1.54) is 18.2 Å². The van der Waals surface area contributed by atoms with E-state index in [2.05, 4.69) is 10.6 Å². The first-order valence-corrected chi connectivity index (χ1v) is 9.43. The molecule has 0 atom stereocenters. The summed E-state index contributed by atoms with van der Waals surface area (Å²) in [6.07, 6.45) is 2.89. The first-order valence-electron chi connectivity index (χ1n) is 9.43. The standard InChI is InChI=1S/C24H21FN2O3/c1-2-30-20-14-12-19(13-15-20)26-24(29)21-5-3-4-6-22(21)27-23(28)16-9-17-7-10-18(25)11-8-17/h3-16H,2H2,1H3,(H,26,29)(H,27,28). The van der Waals surface area contributed by atoms with Crippen molar-refractivity contribution in [2.75, 3.05) is 17.2 Å². The largest absolute Gasteiger partial charge is 0.494 e. The quantitative estimate of drug-likeness (QED) is 0.537. The van der Waals surface area contributed by atoms with Crippen molar-refractivity contribution in [1.29, 1.82) is 0 Å². The summed E-state index contributed by atoms with van der Waals surface area (Å²) >= 11 is 0. The molecule has 3 aromatic rings. The van der Waals surface area contributed by atoms with E-state index in [1.807, 2.05) is 6.92 Å². The number of benzene rings is 3. The predicted octanol–water partition coefficient (Wildman–Crippen LogP) is 5.13. The Bertz CT molecular complexity index is 1040. The van der Waals surface area contributed by atoms with Gasteiger partial charge in [0.2, 0.25) is 5.91 Å². The van der Waals surface area contributed by atoms with Crippen LogP contribution in [0.25, 0.3) is 6.08 Å². The number of carbonyl (C=O) groups excluding carboxylic acids is 2. The molecule has 6 heteroatoms. The number of carbonyl (C=O) groups is 2. The third kappa shape index (κ3) is 5.78. The van der Waals surface area contributed by atoms with E-state index in [4.69, 9.17) is 4.74 Å². The molecule has 0 saturated carbocycles. The van der Waals surface area contributed by atoms with Gasteiger partial charge in [0.15, 0.2) is 0 Å². The number of hydrogen-bond donors (Lipinski definition) is 2. The fourth-order valence-electron chi connectivity index (χ4n) is 2.71. The Labute approximate surface area is 174 Å². The van der Waals surface area contributed by atoms with Crippen LogP contribution in [0.2, 0.25) is 0 Å². The lowest BCUT2D eigenvalue weighted by Crippen LogP contribution is -2.17. The number of anilines is 2. The molecule has 5 nitrogen and oxygen atoms in total. The van der Waals surface area contributed by atoms with Crippen molar-refractivity contribution in [1.82, 2.24) is 0 Å². The molecule has 0 unspecified atom stereocenters. The van der Waals surface area contributed by atoms with Crippen LogP contribution in [-0.2, 0) is 4.79 Å². The zero-order valence-corrected chi connectivity index (χ0v) is 16.4. The van der Waals surface area contributed by atoms with Crippen molar-refractivity contribution in [2.24, 2.45) is 0 Å². The van der Waals surface area contributed by atoms with E-state index in [0.717, 1.165) is 5.75 Å². The van der Waals surface area contributed by atoms with Crippen LogP contribution in [0.4, 0.5) is 15.8 Å². The van der Waals surface area contributed by atoms with E-state index < -0.39 is 5.91 Å². The molecule has 2 amide bonds. The second-order valence-electron chi connectivity index (χ2n) is 6.33. The Morgan fingerprint density at radius 1 is 0.933 bits per heavy atom. The smallest absolute Gasteiger partial charge is 0.257 e. The van der Waals surface area contributed by atoms with Gasteiger partial charge in [0.25, 0.3) is 5.91 Å². The summed E-state index contributed by atoms with van der Waals surface area (Å²) < 4.78 is 18.3. The van der Waals surface area contributed by atoms with Gasteiger partial charge in [0.05, 0.1) is 17.9 Å². The van der Waals surface area contributed by atoms with Crippen LogP contribution in [0.3, 0.4) is 0 Å². The highest BCUT2D eigenvalue weighted by Gasteiger charge is 2.12. The van der Waals surface area contributed by atoms with Gasteiger partial charge in [-0.25, -0.2) is 4.39 Å². The van der Waals surface area contributed by atoms with Crippen LogP contribution in [0.5, 0.6) is 5.75 Å². The normalized spacial score (nSPS) is 10.6. The Kier molecular flexibility index (Phi) is 6.95. The van der Waals surface area contributed by atoms with Crippen LogP contribution in [-0.4, -0.2) is 18.4 Å². The first-order chi connectivity index (χ1) is 14.5. The number of rotatable bonds is 7. The van der Waals surface area contributed by atoms with E-state index in [1.54, 1.807) is 66.7 Å². The summed E-state index contributed by atoms with van der Waals surface area (Å²) in [5.74, 6) is -0.376. The van der Waals surface area contributed by atoms with E-state index in [9.17, 15) is 14.0 Å². The lowest BCUT2D eigenvalue weighted by atomic mass is 10.1. The zero-order valence-electron chi connectivity index (χ0n) is 16.4. The summed E-state index contributed by atoms with van der Waals surface area (Å²) in [5.41, 5.74) is 2.01. The van der Waals surface area contributed by atoms with Gasteiger partial charge in [-0.2, -0.15) is 0 Å². The molecule has 3 aromatic carbocycles. The van der Waals surface area contributed by atoms with E-state index >= 15 is 0 Å². The fraction of sp³-hybridized carbons (Fsp3) is 0.0833. The van der Waals surface area contributed by atoms with Gasteiger partial charge in [-0.1, -0.05) is 24.3 Å². The van der Waals surface area contributed by atoms with Gasteiger partial charge in [-0.15, -0.1) is 0 Å². The molecule has 0 aliphatic carbocycles. The third-order valence-corrected chi connectivity index (χ3v) is 4.15. The minimum atomic E-state index is -0.402. The van der Waals surface area contributed by atoms with Crippen molar-refractivity contribution in [3.63, 3.8) is 0 Å². The Balaban J connectivity index is 1.67. The van der Waals surface area contributed by atoms with Crippen LogP contribution >= 0.6 is 0 Å². The van der Waals surface area contributed by atoms with Gasteiger partial charge in [0.1, 0.15) is 11.6 Å². The number of ether oxygens (including phenoxy) is 1. The molecule has 0 fully saturated rings. The zero-order chi connectivity index (χ0) is 21.3. The van der Waals surface area contributed by atoms with Crippen molar-refractivity contribution >= 4 is 29.3 Å². The van der Waals surface area contributed by atoms with Crippen LogP contribution in [0.1, 0.15) is 22.8 Å². The lowest BCUT2D eigenvalue weighted by Gasteiger charge is -2.11. The van der Waals surface area contributed by atoms with Crippen molar-refractivity contribution in [2.45, 2.75) is 6.92 Å². The van der Waals surface area contributed by atoms with Gasteiger partial charge < -0.3 is 15.4 Å². The number of halogens is 1. The summed E-state index contributed by atoms with van der Waals surface area (Å²) in [6, 6.07) is 19.5. The van der Waals surface area contributed by atoms with E-state index in [-0.39, 0.29) is 11.7 Å². The molecule has 152 valence electrons. The topological polar surface area (TPSA) is 67.4 Å². The maximum atomic E-state index is 13.0. The number of para-hydroxylation sites is 1. The molecule has 0 aromatic heterocycles. The SMILES string of the molecule is CCOc1ccc(NC(=O)c2ccccc2NC(=O)C=Cc2ccc(F)cc2)cc1. The Morgan fingerprint density at radius 2 is 1.63 bits per heavy atom. The van der Waals surface area contributed by atoms with Crippen LogP contribution in [0.15, 0.2) is 78.9 Å². The summed E-state index contributed by atoms with van der Waals surface area (Å²) in [7, 11) is 0. The second kappa shape index (κ2) is 10.0. The molecule has 0 spiro atoms. The maximum Gasteiger partial charge on any atom is 0.257 e. The number of nitrogens with one attached hydrogen (secondary N) is 2. The third-order valence-electron chi connectivity index (χ3n) is 4.15. The minimum Gasteiger partial charge on any atom is -0.494 e. The Morgan fingerprint density at radius 3 is 2.33 bits per heavy atom. The molecular formula is C24H21FN2O3. The minimum absolute atomic E-state index is 0.329. The maximum absolute atomic E-state index is 13.0. The molecule has 0 heterocycles. The fourth-order valence-corrected chi connectivity index (χ4v) is 2.71. The summed E-state index contributed by atoms with van der Waals surface area (Å²) in [6.45, 7) is 2.46. The van der Waals surface area contributed by atoms with Crippen molar-refractivity contribution < 1.29 is 18.7 Å². The highest BCUT2D eigenvalue weighted by Crippen LogP contribution is 2.20. The molecule has 30 heavy (non-hydrogen) atoms. The molecule has 3 rings (SSSR count). The second-order valence-corrected chi connectivity index (χ2v) is 6.33. The average Bonchev–Trinajstić information content (AvgIpc) is 2.75.